The predicted molar refractivity (Wildman–Crippen MR) is 115 cm³/mol. The van der Waals surface area contributed by atoms with Gasteiger partial charge in [0.2, 0.25) is 5.56 Å². The van der Waals surface area contributed by atoms with Crippen LogP contribution in [0.15, 0.2) is 45.7 Å². The molecular weight excluding hydrogens is 410 g/mol. The summed E-state index contributed by atoms with van der Waals surface area (Å²) >= 11 is 0. The summed E-state index contributed by atoms with van der Waals surface area (Å²) in [4.78, 5) is 28.2. The van der Waals surface area contributed by atoms with Crippen LogP contribution in [0.3, 0.4) is 0 Å². The molecule has 4 rings (SSSR count). The summed E-state index contributed by atoms with van der Waals surface area (Å²) in [5, 5.41) is 0. The number of carbonyl (C=O) groups excluding carboxylic acids is 1. The monoisotopic (exact) mass is 433 g/mol. The summed E-state index contributed by atoms with van der Waals surface area (Å²) in [6.07, 6.45) is 3.19. The van der Waals surface area contributed by atoms with Gasteiger partial charge in [0.15, 0.2) is 5.84 Å². The SMILES string of the molecule is NC1=NS(O)(O)Nc2cccc(OCC3CCCN(C(=O)c4ccc(=O)[nH]c4)C3)c21. The van der Waals surface area contributed by atoms with E-state index < -0.39 is 11.0 Å². The molecule has 2 aliphatic heterocycles. The molecule has 3 heterocycles. The maximum atomic E-state index is 12.7. The number of amidine groups is 1. The number of fused-ring (bicyclic) bond motifs is 1. The lowest BCUT2D eigenvalue weighted by molar-refractivity contribution is 0.0633. The number of carbonyl (C=O) groups is 1. The van der Waals surface area contributed by atoms with Gasteiger partial charge in [-0.05, 0) is 42.0 Å². The number of aromatic nitrogens is 1. The molecule has 2 aromatic rings. The van der Waals surface area contributed by atoms with E-state index in [0.29, 0.717) is 42.3 Å². The fourth-order valence-electron chi connectivity index (χ4n) is 3.67. The van der Waals surface area contributed by atoms with E-state index in [9.17, 15) is 18.7 Å². The van der Waals surface area contributed by atoms with Crippen LogP contribution in [0.2, 0.25) is 0 Å². The van der Waals surface area contributed by atoms with Crippen LogP contribution in [0.5, 0.6) is 5.75 Å². The number of ether oxygens (including phenoxy) is 1. The smallest absolute Gasteiger partial charge is 0.255 e. The molecule has 1 aromatic carbocycles. The fraction of sp³-hybridized carbons (Fsp3) is 0.316. The van der Waals surface area contributed by atoms with Gasteiger partial charge in [-0.1, -0.05) is 6.07 Å². The van der Waals surface area contributed by atoms with Crippen molar-refractivity contribution < 1.29 is 18.6 Å². The molecule has 1 saturated heterocycles. The summed E-state index contributed by atoms with van der Waals surface area (Å²) in [6.45, 7) is 1.56. The molecule has 1 unspecified atom stereocenters. The van der Waals surface area contributed by atoms with Crippen molar-refractivity contribution in [1.29, 1.82) is 0 Å². The van der Waals surface area contributed by atoms with Gasteiger partial charge >= 0.3 is 0 Å². The van der Waals surface area contributed by atoms with E-state index in [1.165, 1.54) is 18.3 Å². The largest absolute Gasteiger partial charge is 0.492 e. The van der Waals surface area contributed by atoms with Crippen molar-refractivity contribution in [3.63, 3.8) is 0 Å². The Hall–Kier alpha value is -3.02. The Morgan fingerprint density at radius 1 is 1.33 bits per heavy atom. The normalized spacial score (nSPS) is 21.1. The van der Waals surface area contributed by atoms with Gasteiger partial charge in [-0.2, -0.15) is 0 Å². The van der Waals surface area contributed by atoms with Gasteiger partial charge in [-0.3, -0.25) is 23.4 Å². The fourth-order valence-corrected chi connectivity index (χ4v) is 4.55. The molecule has 160 valence electrons. The molecule has 0 radical (unpaired) electrons. The van der Waals surface area contributed by atoms with Crippen molar-refractivity contribution in [3.8, 4) is 5.75 Å². The van der Waals surface area contributed by atoms with Gasteiger partial charge in [0.05, 0.1) is 23.4 Å². The summed E-state index contributed by atoms with van der Waals surface area (Å²) in [6, 6.07) is 8.00. The summed E-state index contributed by atoms with van der Waals surface area (Å²) < 4.78 is 31.8. The quantitative estimate of drug-likeness (QED) is 0.494. The second kappa shape index (κ2) is 8.01. The van der Waals surface area contributed by atoms with Crippen LogP contribution in [0.4, 0.5) is 5.69 Å². The molecule has 1 amide bonds. The highest BCUT2D eigenvalue weighted by molar-refractivity contribution is 8.24. The average molecular weight is 433 g/mol. The molecular formula is C19H23N5O5S. The number of aromatic amines is 1. The lowest BCUT2D eigenvalue weighted by atomic mass is 9.98. The maximum Gasteiger partial charge on any atom is 0.255 e. The van der Waals surface area contributed by atoms with Crippen molar-refractivity contribution in [3.05, 3.63) is 58.0 Å². The molecule has 0 aliphatic carbocycles. The molecule has 1 fully saturated rings. The predicted octanol–water partition coefficient (Wildman–Crippen LogP) is 2.02. The molecule has 0 bridgehead atoms. The van der Waals surface area contributed by atoms with Crippen LogP contribution in [-0.4, -0.2) is 50.4 Å². The molecule has 2 aliphatic rings. The van der Waals surface area contributed by atoms with E-state index in [0.717, 1.165) is 12.8 Å². The van der Waals surface area contributed by atoms with Crippen LogP contribution in [0, 0.1) is 5.92 Å². The highest BCUT2D eigenvalue weighted by Gasteiger charge is 2.28. The minimum atomic E-state index is -3.35. The second-order valence-corrected chi connectivity index (χ2v) is 8.71. The second-order valence-electron chi connectivity index (χ2n) is 7.29. The maximum absolute atomic E-state index is 12.7. The average Bonchev–Trinajstić information content (AvgIpc) is 2.71. The van der Waals surface area contributed by atoms with E-state index in [1.54, 1.807) is 23.1 Å². The minimum absolute atomic E-state index is 0.00197. The number of anilines is 1. The Labute approximate surface area is 174 Å². The summed E-state index contributed by atoms with van der Waals surface area (Å²) in [7, 11) is -3.35. The van der Waals surface area contributed by atoms with Crippen molar-refractivity contribution in [2.45, 2.75) is 12.8 Å². The van der Waals surface area contributed by atoms with Crippen molar-refractivity contribution in [2.24, 2.45) is 16.0 Å². The number of nitrogens with two attached hydrogens (primary N) is 1. The Bertz CT molecular complexity index is 1030. The standard InChI is InChI=1S/C19H23N5O5S/c20-18-17-14(22-30(27,28)23-18)4-1-5-15(17)29-11-12-3-2-8-24(10-12)19(26)13-6-7-16(25)21-9-13/h1,4-7,9,12,22,27-28H,2-3,8,10-11H2,(H2,20,23)(H,21,25). The van der Waals surface area contributed by atoms with Gasteiger partial charge in [0, 0.05) is 31.3 Å². The van der Waals surface area contributed by atoms with Gasteiger partial charge in [-0.25, -0.2) is 0 Å². The molecule has 0 spiro atoms. The zero-order valence-corrected chi connectivity index (χ0v) is 16.9. The lowest BCUT2D eigenvalue weighted by Crippen LogP contribution is -2.41. The van der Waals surface area contributed by atoms with Crippen molar-refractivity contribution in [2.75, 3.05) is 24.4 Å². The Kier molecular flexibility index (Phi) is 5.41. The topological polar surface area (TPSA) is 153 Å². The van der Waals surface area contributed by atoms with E-state index in [4.69, 9.17) is 10.5 Å². The molecule has 10 nitrogen and oxygen atoms in total. The number of nitrogens with zero attached hydrogens (tertiary/aromatic N) is 2. The number of H-pyrrole nitrogens is 1. The minimum Gasteiger partial charge on any atom is -0.492 e. The van der Waals surface area contributed by atoms with Crippen LogP contribution in [-0.2, 0) is 0 Å². The van der Waals surface area contributed by atoms with Crippen LogP contribution in [0.25, 0.3) is 0 Å². The summed E-state index contributed by atoms with van der Waals surface area (Å²) in [5.41, 5.74) is 7.05. The number of rotatable bonds is 4. The van der Waals surface area contributed by atoms with E-state index in [1.807, 2.05) is 0 Å². The zero-order valence-electron chi connectivity index (χ0n) is 16.1. The van der Waals surface area contributed by atoms with Gasteiger partial charge in [0.1, 0.15) is 5.75 Å². The number of pyridine rings is 1. The van der Waals surface area contributed by atoms with Gasteiger partial charge in [0.25, 0.3) is 5.91 Å². The molecule has 30 heavy (non-hydrogen) atoms. The van der Waals surface area contributed by atoms with Crippen molar-refractivity contribution >= 4 is 28.4 Å². The molecule has 0 saturated carbocycles. The first-order chi connectivity index (χ1) is 14.3. The molecule has 6 N–H and O–H groups in total. The first-order valence-corrected chi connectivity index (χ1v) is 11.0. The number of piperidine rings is 1. The molecule has 11 heteroatoms. The lowest BCUT2D eigenvalue weighted by Gasteiger charge is -2.34. The highest BCUT2D eigenvalue weighted by atomic mass is 32.3. The molecule has 1 atom stereocenters. The Balaban J connectivity index is 1.43. The number of likely N-dealkylation sites (tertiary alicyclic amines) is 1. The van der Waals surface area contributed by atoms with Crippen LogP contribution in [0.1, 0.15) is 28.8 Å². The number of hydrogen-bond acceptors (Lipinski definition) is 8. The number of hydrogen-bond donors (Lipinski definition) is 5. The highest BCUT2D eigenvalue weighted by Crippen LogP contribution is 2.46. The van der Waals surface area contributed by atoms with Gasteiger partial charge < -0.3 is 20.4 Å². The number of nitrogens with one attached hydrogen (secondary N) is 2. The first-order valence-electron chi connectivity index (χ1n) is 9.48. The summed E-state index contributed by atoms with van der Waals surface area (Å²) in [5.74, 6) is 0.480. The number of amides is 1. The van der Waals surface area contributed by atoms with Crippen LogP contribution >= 0.6 is 11.0 Å². The van der Waals surface area contributed by atoms with Crippen molar-refractivity contribution in [1.82, 2.24) is 9.88 Å². The third-order valence-corrected chi connectivity index (χ3v) is 6.01. The number of benzene rings is 1. The third-order valence-electron chi connectivity index (χ3n) is 5.07. The van der Waals surface area contributed by atoms with E-state index >= 15 is 0 Å². The van der Waals surface area contributed by atoms with Crippen LogP contribution < -0.4 is 20.8 Å². The molecule has 1 aromatic heterocycles. The Morgan fingerprint density at radius 3 is 2.93 bits per heavy atom. The Morgan fingerprint density at radius 2 is 2.17 bits per heavy atom. The first kappa shape index (κ1) is 20.3. The third kappa shape index (κ3) is 4.27. The van der Waals surface area contributed by atoms with Gasteiger partial charge in [-0.15, -0.1) is 4.40 Å². The zero-order chi connectivity index (χ0) is 21.3. The van der Waals surface area contributed by atoms with E-state index in [2.05, 4.69) is 14.1 Å². The van der Waals surface area contributed by atoms with E-state index in [-0.39, 0.29) is 23.2 Å².